The summed E-state index contributed by atoms with van der Waals surface area (Å²) in [5.41, 5.74) is 1.61. The Bertz CT molecular complexity index is 771. The third kappa shape index (κ3) is 3.28. The zero-order valence-electron chi connectivity index (χ0n) is 14.1. The predicted octanol–water partition coefficient (Wildman–Crippen LogP) is 2.22. The summed E-state index contributed by atoms with van der Waals surface area (Å²) < 4.78 is 6.27. The molecule has 4 rings (SSSR count). The first-order valence-corrected chi connectivity index (χ1v) is 8.68. The summed E-state index contributed by atoms with van der Waals surface area (Å²) in [5.74, 6) is 0.960. The highest BCUT2D eigenvalue weighted by atomic mass is 16.5. The van der Waals surface area contributed by atoms with Gasteiger partial charge in [0.15, 0.2) is 0 Å². The lowest BCUT2D eigenvalue weighted by Crippen LogP contribution is -2.60. The second kappa shape index (κ2) is 6.69. The van der Waals surface area contributed by atoms with Crippen molar-refractivity contribution in [3.63, 3.8) is 0 Å². The van der Waals surface area contributed by atoms with Crippen LogP contribution in [0.5, 0.6) is 0 Å². The van der Waals surface area contributed by atoms with E-state index in [-0.39, 0.29) is 5.60 Å². The van der Waals surface area contributed by atoms with Crippen molar-refractivity contribution in [3.8, 4) is 6.07 Å². The Labute approximate surface area is 147 Å². The maximum absolute atomic E-state index is 9.15. The van der Waals surface area contributed by atoms with Crippen LogP contribution in [0.3, 0.4) is 0 Å². The van der Waals surface area contributed by atoms with Crippen molar-refractivity contribution >= 4 is 11.5 Å². The second-order valence-corrected chi connectivity index (χ2v) is 6.71. The average molecular weight is 335 g/mol. The Balaban J connectivity index is 1.54. The molecule has 0 radical (unpaired) electrons. The largest absolute Gasteiger partial charge is 0.369 e. The standard InChI is InChI=1S/C19H21N5O/c20-12-16-3-1-4-17(11-16)23-8-2-6-19(13-23)14-24(9-10-25-19)18-5-7-21-15-22-18/h1,3-5,7,11,15H,2,6,8-10,13-14H2/t19-/m1/s1. The zero-order chi connectivity index (χ0) is 17.1. The average Bonchev–Trinajstić information content (AvgIpc) is 2.69. The first-order chi connectivity index (χ1) is 12.3. The van der Waals surface area contributed by atoms with Gasteiger partial charge in [-0.25, -0.2) is 9.97 Å². The van der Waals surface area contributed by atoms with Crippen LogP contribution in [0.2, 0.25) is 0 Å². The number of hydrogen-bond acceptors (Lipinski definition) is 6. The van der Waals surface area contributed by atoms with Crippen LogP contribution < -0.4 is 9.80 Å². The minimum absolute atomic E-state index is 0.190. The normalized spacial score (nSPS) is 23.5. The van der Waals surface area contributed by atoms with Gasteiger partial charge in [-0.05, 0) is 37.1 Å². The van der Waals surface area contributed by atoms with Crippen LogP contribution in [0.25, 0.3) is 0 Å². The first kappa shape index (κ1) is 15.9. The maximum atomic E-state index is 9.15. The highest BCUT2D eigenvalue weighted by Crippen LogP contribution is 2.33. The Morgan fingerprint density at radius 3 is 2.92 bits per heavy atom. The van der Waals surface area contributed by atoms with E-state index in [4.69, 9.17) is 10.00 Å². The topological polar surface area (TPSA) is 65.3 Å². The summed E-state index contributed by atoms with van der Waals surface area (Å²) >= 11 is 0. The molecule has 0 N–H and O–H groups in total. The van der Waals surface area contributed by atoms with Gasteiger partial charge in [0.2, 0.25) is 0 Å². The second-order valence-electron chi connectivity index (χ2n) is 6.71. The number of piperidine rings is 1. The molecule has 2 aliphatic rings. The molecule has 3 heterocycles. The number of aromatic nitrogens is 2. The number of morpholine rings is 1. The van der Waals surface area contributed by atoms with Gasteiger partial charge in [-0.1, -0.05) is 6.07 Å². The third-order valence-corrected chi connectivity index (χ3v) is 5.02. The van der Waals surface area contributed by atoms with Crippen LogP contribution in [-0.2, 0) is 4.74 Å². The molecule has 6 nitrogen and oxygen atoms in total. The van der Waals surface area contributed by atoms with Crippen molar-refractivity contribution in [1.29, 1.82) is 5.26 Å². The van der Waals surface area contributed by atoms with Crippen molar-refractivity contribution < 1.29 is 4.74 Å². The van der Waals surface area contributed by atoms with Crippen molar-refractivity contribution in [2.24, 2.45) is 0 Å². The van der Waals surface area contributed by atoms with Gasteiger partial charge >= 0.3 is 0 Å². The van der Waals surface area contributed by atoms with Gasteiger partial charge in [0.25, 0.3) is 0 Å². The molecule has 2 aromatic rings. The summed E-state index contributed by atoms with van der Waals surface area (Å²) in [6.07, 6.45) is 5.50. The summed E-state index contributed by atoms with van der Waals surface area (Å²) in [4.78, 5) is 13.0. The quantitative estimate of drug-likeness (QED) is 0.838. The molecule has 25 heavy (non-hydrogen) atoms. The molecule has 0 unspecified atom stereocenters. The van der Waals surface area contributed by atoms with Crippen LogP contribution in [0.15, 0.2) is 42.9 Å². The fourth-order valence-corrected chi connectivity index (χ4v) is 3.85. The summed E-state index contributed by atoms with van der Waals surface area (Å²) in [6, 6.07) is 12.0. The van der Waals surface area contributed by atoms with E-state index in [9.17, 15) is 0 Å². The molecule has 2 fully saturated rings. The number of nitrogens with zero attached hydrogens (tertiary/aromatic N) is 5. The van der Waals surface area contributed by atoms with E-state index in [1.807, 2.05) is 24.3 Å². The molecule has 0 aliphatic carbocycles. The lowest BCUT2D eigenvalue weighted by Gasteiger charge is -2.49. The molecule has 0 saturated carbocycles. The molecular formula is C19H21N5O. The molecule has 6 heteroatoms. The van der Waals surface area contributed by atoms with Crippen LogP contribution in [0.1, 0.15) is 18.4 Å². The molecule has 1 spiro atoms. The zero-order valence-corrected chi connectivity index (χ0v) is 14.1. The monoisotopic (exact) mass is 335 g/mol. The lowest BCUT2D eigenvalue weighted by atomic mass is 9.90. The lowest BCUT2D eigenvalue weighted by molar-refractivity contribution is -0.0630. The SMILES string of the molecule is N#Cc1cccc(N2CCC[C@@]3(C2)CN(c2ccncn2)CCO3)c1. The van der Waals surface area contributed by atoms with Gasteiger partial charge in [-0.3, -0.25) is 0 Å². The predicted molar refractivity (Wildman–Crippen MR) is 95.5 cm³/mol. The van der Waals surface area contributed by atoms with E-state index in [1.54, 1.807) is 12.5 Å². The Morgan fingerprint density at radius 2 is 2.08 bits per heavy atom. The number of ether oxygens (including phenoxy) is 1. The van der Waals surface area contributed by atoms with Crippen LogP contribution in [-0.4, -0.2) is 48.4 Å². The fourth-order valence-electron chi connectivity index (χ4n) is 3.85. The molecule has 0 bridgehead atoms. The van der Waals surface area contributed by atoms with E-state index in [0.717, 1.165) is 50.5 Å². The molecule has 0 amide bonds. The van der Waals surface area contributed by atoms with Crippen molar-refractivity contribution in [1.82, 2.24) is 9.97 Å². The van der Waals surface area contributed by atoms with Gasteiger partial charge in [0, 0.05) is 31.5 Å². The van der Waals surface area contributed by atoms with Crippen molar-refractivity contribution in [3.05, 3.63) is 48.4 Å². The molecule has 1 aromatic carbocycles. The summed E-state index contributed by atoms with van der Waals surface area (Å²) in [7, 11) is 0. The summed E-state index contributed by atoms with van der Waals surface area (Å²) in [6.45, 7) is 4.22. The third-order valence-electron chi connectivity index (χ3n) is 5.02. The molecule has 128 valence electrons. The Hall–Kier alpha value is -2.65. The fraction of sp³-hybridized carbons (Fsp3) is 0.421. The summed E-state index contributed by atoms with van der Waals surface area (Å²) in [5, 5.41) is 9.15. The number of anilines is 2. The highest BCUT2D eigenvalue weighted by molar-refractivity contribution is 5.52. The van der Waals surface area contributed by atoms with E-state index in [1.165, 1.54) is 0 Å². The minimum Gasteiger partial charge on any atom is -0.369 e. The smallest absolute Gasteiger partial charge is 0.132 e. The number of rotatable bonds is 2. The van der Waals surface area contributed by atoms with Crippen molar-refractivity contribution in [2.75, 3.05) is 42.6 Å². The number of hydrogen-bond donors (Lipinski definition) is 0. The van der Waals surface area contributed by atoms with Crippen LogP contribution in [0.4, 0.5) is 11.5 Å². The van der Waals surface area contributed by atoms with E-state index < -0.39 is 0 Å². The highest BCUT2D eigenvalue weighted by Gasteiger charge is 2.41. The minimum atomic E-state index is -0.190. The number of nitriles is 1. The van der Waals surface area contributed by atoms with E-state index in [0.29, 0.717) is 12.2 Å². The molecule has 1 atom stereocenters. The Kier molecular flexibility index (Phi) is 4.24. The molecule has 2 saturated heterocycles. The van der Waals surface area contributed by atoms with Gasteiger partial charge in [-0.2, -0.15) is 5.26 Å². The van der Waals surface area contributed by atoms with Gasteiger partial charge in [-0.15, -0.1) is 0 Å². The van der Waals surface area contributed by atoms with Crippen molar-refractivity contribution in [2.45, 2.75) is 18.4 Å². The Morgan fingerprint density at radius 1 is 1.16 bits per heavy atom. The first-order valence-electron chi connectivity index (χ1n) is 8.68. The molecule has 1 aromatic heterocycles. The molecular weight excluding hydrogens is 314 g/mol. The van der Waals surface area contributed by atoms with Gasteiger partial charge in [0.05, 0.1) is 24.8 Å². The van der Waals surface area contributed by atoms with Gasteiger partial charge in [0.1, 0.15) is 17.7 Å². The van der Waals surface area contributed by atoms with Crippen LogP contribution in [0, 0.1) is 11.3 Å². The van der Waals surface area contributed by atoms with E-state index >= 15 is 0 Å². The maximum Gasteiger partial charge on any atom is 0.132 e. The number of benzene rings is 1. The van der Waals surface area contributed by atoms with E-state index in [2.05, 4.69) is 31.9 Å². The van der Waals surface area contributed by atoms with Crippen LogP contribution >= 0.6 is 0 Å². The molecule has 2 aliphatic heterocycles. The van der Waals surface area contributed by atoms with Gasteiger partial charge < -0.3 is 14.5 Å².